The Labute approximate surface area is 102 Å². The first kappa shape index (κ1) is 12.3. The standard InChI is InChI=1S/C14H19NO2/c1-10(17)11-2-4-12(5-3-11)13-6-7-14(15,8-13)9-16/h2-5,13,16H,6-9,15H2,1H3. The number of aliphatic hydroxyl groups is 1. The summed E-state index contributed by atoms with van der Waals surface area (Å²) >= 11 is 0. The molecule has 1 saturated carbocycles. The maximum atomic E-state index is 11.2. The van der Waals surface area contributed by atoms with Crippen molar-refractivity contribution in [3.8, 4) is 0 Å². The molecule has 0 radical (unpaired) electrons. The minimum atomic E-state index is -0.413. The molecule has 0 aromatic heterocycles. The highest BCUT2D eigenvalue weighted by molar-refractivity contribution is 5.94. The third-order valence-corrected chi connectivity index (χ3v) is 3.75. The van der Waals surface area contributed by atoms with E-state index in [1.54, 1.807) is 6.92 Å². The van der Waals surface area contributed by atoms with Crippen LogP contribution >= 0.6 is 0 Å². The fourth-order valence-electron chi connectivity index (χ4n) is 2.57. The average Bonchev–Trinajstić information content (AvgIpc) is 2.73. The highest BCUT2D eigenvalue weighted by Gasteiger charge is 2.35. The van der Waals surface area contributed by atoms with Crippen LogP contribution in [0.5, 0.6) is 0 Å². The lowest BCUT2D eigenvalue weighted by Gasteiger charge is -2.20. The van der Waals surface area contributed by atoms with Crippen molar-refractivity contribution in [1.82, 2.24) is 0 Å². The molecule has 0 aliphatic heterocycles. The minimum absolute atomic E-state index is 0.0506. The molecule has 2 unspecified atom stereocenters. The van der Waals surface area contributed by atoms with Crippen LogP contribution in [0.25, 0.3) is 0 Å². The van der Waals surface area contributed by atoms with Gasteiger partial charge in [-0.15, -0.1) is 0 Å². The van der Waals surface area contributed by atoms with Crippen LogP contribution in [0.15, 0.2) is 24.3 Å². The lowest BCUT2D eigenvalue weighted by atomic mass is 9.93. The van der Waals surface area contributed by atoms with Crippen LogP contribution in [0.3, 0.4) is 0 Å². The quantitative estimate of drug-likeness (QED) is 0.783. The largest absolute Gasteiger partial charge is 0.394 e. The van der Waals surface area contributed by atoms with Crippen LogP contribution in [0.4, 0.5) is 0 Å². The first-order chi connectivity index (χ1) is 8.04. The SMILES string of the molecule is CC(=O)c1ccc(C2CCC(N)(CO)C2)cc1. The van der Waals surface area contributed by atoms with Gasteiger partial charge in [0.2, 0.25) is 0 Å². The van der Waals surface area contributed by atoms with Crippen LogP contribution in [-0.2, 0) is 0 Å². The molecule has 2 atom stereocenters. The van der Waals surface area contributed by atoms with E-state index in [2.05, 4.69) is 0 Å². The van der Waals surface area contributed by atoms with E-state index in [1.807, 2.05) is 24.3 Å². The molecule has 0 bridgehead atoms. The van der Waals surface area contributed by atoms with Crippen LogP contribution in [-0.4, -0.2) is 23.0 Å². The van der Waals surface area contributed by atoms with Gasteiger partial charge in [0, 0.05) is 11.1 Å². The van der Waals surface area contributed by atoms with E-state index in [0.717, 1.165) is 24.8 Å². The van der Waals surface area contributed by atoms with Crippen LogP contribution < -0.4 is 5.73 Å². The summed E-state index contributed by atoms with van der Waals surface area (Å²) in [6.45, 7) is 1.62. The maximum absolute atomic E-state index is 11.2. The van der Waals surface area contributed by atoms with Gasteiger partial charge in [0.05, 0.1) is 6.61 Å². The third kappa shape index (κ3) is 2.56. The second-order valence-electron chi connectivity index (χ2n) is 5.14. The monoisotopic (exact) mass is 233 g/mol. The number of hydrogen-bond donors (Lipinski definition) is 2. The van der Waals surface area contributed by atoms with Crippen molar-refractivity contribution >= 4 is 5.78 Å². The van der Waals surface area contributed by atoms with Crippen molar-refractivity contribution in [1.29, 1.82) is 0 Å². The first-order valence-electron chi connectivity index (χ1n) is 6.05. The van der Waals surface area contributed by atoms with Gasteiger partial charge < -0.3 is 10.8 Å². The Balaban J connectivity index is 2.12. The number of ketones is 1. The normalized spacial score (nSPS) is 28.3. The number of carbonyl (C=O) groups is 1. The van der Waals surface area contributed by atoms with Gasteiger partial charge in [-0.1, -0.05) is 24.3 Å². The summed E-state index contributed by atoms with van der Waals surface area (Å²) in [5.74, 6) is 0.500. The molecular weight excluding hydrogens is 214 g/mol. The van der Waals surface area contributed by atoms with E-state index in [-0.39, 0.29) is 12.4 Å². The number of aliphatic hydroxyl groups excluding tert-OH is 1. The first-order valence-corrected chi connectivity index (χ1v) is 6.05. The predicted octanol–water partition coefficient (Wildman–Crippen LogP) is 1.85. The number of Topliss-reactive ketones (excluding diaryl/α,β-unsaturated/α-hetero) is 1. The number of benzene rings is 1. The van der Waals surface area contributed by atoms with Gasteiger partial charge in [0.1, 0.15) is 0 Å². The fraction of sp³-hybridized carbons (Fsp3) is 0.500. The van der Waals surface area contributed by atoms with Crippen LogP contribution in [0.2, 0.25) is 0 Å². The van der Waals surface area contributed by atoms with Gasteiger partial charge in [-0.25, -0.2) is 0 Å². The predicted molar refractivity (Wildman–Crippen MR) is 67.0 cm³/mol. The van der Waals surface area contributed by atoms with E-state index in [0.29, 0.717) is 5.92 Å². The summed E-state index contributed by atoms with van der Waals surface area (Å²) in [5.41, 5.74) is 7.61. The van der Waals surface area contributed by atoms with Crippen molar-refractivity contribution in [3.05, 3.63) is 35.4 Å². The van der Waals surface area contributed by atoms with Gasteiger partial charge in [-0.3, -0.25) is 4.79 Å². The van der Waals surface area contributed by atoms with Gasteiger partial charge in [-0.05, 0) is 37.7 Å². The summed E-state index contributed by atoms with van der Waals surface area (Å²) in [5, 5.41) is 9.24. The van der Waals surface area contributed by atoms with Crippen molar-refractivity contribution in [2.75, 3.05) is 6.61 Å². The molecule has 17 heavy (non-hydrogen) atoms. The molecule has 0 heterocycles. The number of hydrogen-bond acceptors (Lipinski definition) is 3. The highest BCUT2D eigenvalue weighted by Crippen LogP contribution is 2.39. The van der Waals surface area contributed by atoms with E-state index >= 15 is 0 Å². The molecule has 1 aromatic rings. The summed E-state index contributed by atoms with van der Waals surface area (Å²) in [4.78, 5) is 11.2. The molecule has 0 saturated heterocycles. The molecule has 3 nitrogen and oxygen atoms in total. The fourth-order valence-corrected chi connectivity index (χ4v) is 2.57. The molecule has 1 aliphatic carbocycles. The Bertz CT molecular complexity index is 413. The summed E-state index contributed by atoms with van der Waals surface area (Å²) in [6, 6.07) is 7.75. The molecule has 2 rings (SSSR count). The lowest BCUT2D eigenvalue weighted by molar-refractivity contribution is 0.101. The Morgan fingerprint density at radius 3 is 2.59 bits per heavy atom. The Hall–Kier alpha value is -1.19. The Morgan fingerprint density at radius 1 is 1.47 bits per heavy atom. The maximum Gasteiger partial charge on any atom is 0.159 e. The van der Waals surface area contributed by atoms with Crippen molar-refractivity contribution in [2.45, 2.75) is 37.6 Å². The zero-order valence-electron chi connectivity index (χ0n) is 10.1. The molecule has 92 valence electrons. The van der Waals surface area contributed by atoms with E-state index < -0.39 is 5.54 Å². The summed E-state index contributed by atoms with van der Waals surface area (Å²) in [6.07, 6.45) is 2.70. The van der Waals surface area contributed by atoms with Crippen molar-refractivity contribution in [2.24, 2.45) is 5.73 Å². The molecule has 1 aliphatic rings. The average molecular weight is 233 g/mol. The van der Waals surface area contributed by atoms with Gasteiger partial charge >= 0.3 is 0 Å². The van der Waals surface area contributed by atoms with Gasteiger partial charge in [0.15, 0.2) is 5.78 Å². The second kappa shape index (κ2) is 4.59. The molecule has 0 spiro atoms. The number of nitrogens with two attached hydrogens (primary N) is 1. The molecule has 3 N–H and O–H groups in total. The molecule has 0 amide bonds. The van der Waals surface area contributed by atoms with E-state index in [4.69, 9.17) is 5.73 Å². The van der Waals surface area contributed by atoms with Crippen LogP contribution in [0, 0.1) is 0 Å². The Kier molecular flexibility index (Phi) is 3.31. The van der Waals surface area contributed by atoms with E-state index in [1.165, 1.54) is 5.56 Å². The zero-order chi connectivity index (χ0) is 12.5. The minimum Gasteiger partial charge on any atom is -0.394 e. The highest BCUT2D eigenvalue weighted by atomic mass is 16.3. The van der Waals surface area contributed by atoms with Gasteiger partial charge in [-0.2, -0.15) is 0 Å². The molecular formula is C14H19NO2. The topological polar surface area (TPSA) is 63.3 Å². The molecule has 1 aromatic carbocycles. The van der Waals surface area contributed by atoms with Crippen molar-refractivity contribution in [3.63, 3.8) is 0 Å². The van der Waals surface area contributed by atoms with Crippen molar-refractivity contribution < 1.29 is 9.90 Å². The second-order valence-corrected chi connectivity index (χ2v) is 5.14. The smallest absolute Gasteiger partial charge is 0.159 e. The number of carbonyl (C=O) groups excluding carboxylic acids is 1. The van der Waals surface area contributed by atoms with Gasteiger partial charge in [0.25, 0.3) is 0 Å². The van der Waals surface area contributed by atoms with E-state index in [9.17, 15) is 9.90 Å². The molecule has 3 heteroatoms. The zero-order valence-corrected chi connectivity index (χ0v) is 10.1. The third-order valence-electron chi connectivity index (χ3n) is 3.75. The van der Waals surface area contributed by atoms with Crippen LogP contribution in [0.1, 0.15) is 48.0 Å². The summed E-state index contributed by atoms with van der Waals surface area (Å²) in [7, 11) is 0. The molecule has 1 fully saturated rings. The Morgan fingerprint density at radius 2 is 2.12 bits per heavy atom. The lowest BCUT2D eigenvalue weighted by Crippen LogP contribution is -2.40. The summed E-state index contributed by atoms with van der Waals surface area (Å²) < 4.78 is 0. The number of rotatable bonds is 3.